The molecule has 0 radical (unpaired) electrons. The monoisotopic (exact) mass is 443 g/mol. The molecule has 2 aromatic rings. The fourth-order valence-corrected chi connectivity index (χ4v) is 4.61. The molecule has 0 aromatic heterocycles. The molecule has 0 unspecified atom stereocenters. The van der Waals surface area contributed by atoms with Crippen LogP contribution < -0.4 is 4.90 Å². The Hall–Kier alpha value is -3.17. The summed E-state index contributed by atoms with van der Waals surface area (Å²) in [5.74, 6) is 0. The summed E-state index contributed by atoms with van der Waals surface area (Å²) in [7, 11) is 0. The molecule has 32 heavy (non-hydrogen) atoms. The SMILES string of the molecule is C=C(/C(C)=C1\Sc2cc3ccccc3cc2N1CC)/C(C)=C/C=C\O.C=C/C=C/C=C\C. The van der Waals surface area contributed by atoms with E-state index in [9.17, 15) is 0 Å². The largest absolute Gasteiger partial charge is 0.516 e. The lowest BCUT2D eigenvalue weighted by Crippen LogP contribution is -2.18. The predicted octanol–water partition coefficient (Wildman–Crippen LogP) is 8.88. The van der Waals surface area contributed by atoms with Gasteiger partial charge < -0.3 is 10.0 Å². The summed E-state index contributed by atoms with van der Waals surface area (Å²) >= 11 is 1.81. The van der Waals surface area contributed by atoms with Gasteiger partial charge >= 0.3 is 0 Å². The first kappa shape index (κ1) is 25.1. The van der Waals surface area contributed by atoms with Gasteiger partial charge in [-0.2, -0.15) is 0 Å². The number of fused-ring (bicyclic) bond motifs is 2. The minimum atomic E-state index is 0.914. The van der Waals surface area contributed by atoms with E-state index in [-0.39, 0.29) is 0 Å². The Bertz CT molecular complexity index is 1120. The zero-order valence-electron chi connectivity index (χ0n) is 19.5. The molecule has 2 nitrogen and oxygen atoms in total. The molecule has 3 rings (SSSR count). The lowest BCUT2D eigenvalue weighted by Gasteiger charge is -2.21. The van der Waals surface area contributed by atoms with Crippen LogP contribution in [0.1, 0.15) is 27.7 Å². The molecule has 0 atom stereocenters. The average molecular weight is 444 g/mol. The van der Waals surface area contributed by atoms with Crippen LogP contribution in [0.4, 0.5) is 5.69 Å². The van der Waals surface area contributed by atoms with Gasteiger partial charge in [-0.1, -0.05) is 85.6 Å². The molecule has 0 aliphatic carbocycles. The van der Waals surface area contributed by atoms with Crippen LogP contribution in [0, 0.1) is 0 Å². The first-order chi connectivity index (χ1) is 15.5. The molecular formula is C29H33NOS. The Balaban J connectivity index is 0.000000451. The van der Waals surface area contributed by atoms with Crippen molar-refractivity contribution in [1.82, 2.24) is 0 Å². The van der Waals surface area contributed by atoms with Crippen LogP contribution >= 0.6 is 11.8 Å². The van der Waals surface area contributed by atoms with Gasteiger partial charge in [0.25, 0.3) is 0 Å². The Labute approximate surface area is 197 Å². The number of nitrogens with zero attached hydrogens (tertiary/aromatic N) is 1. The Morgan fingerprint density at radius 3 is 2.34 bits per heavy atom. The zero-order valence-corrected chi connectivity index (χ0v) is 20.3. The van der Waals surface area contributed by atoms with Crippen molar-refractivity contribution in [3.8, 4) is 0 Å². The minimum absolute atomic E-state index is 0.914. The zero-order chi connectivity index (χ0) is 23.5. The topological polar surface area (TPSA) is 23.5 Å². The first-order valence-electron chi connectivity index (χ1n) is 10.7. The van der Waals surface area contributed by atoms with Crippen molar-refractivity contribution in [1.29, 1.82) is 0 Å². The van der Waals surface area contributed by atoms with Gasteiger partial charge in [0.15, 0.2) is 0 Å². The van der Waals surface area contributed by atoms with Crippen LogP contribution in [-0.2, 0) is 0 Å². The second-order valence-corrected chi connectivity index (χ2v) is 8.29. The van der Waals surface area contributed by atoms with Gasteiger partial charge in [0.05, 0.1) is 17.0 Å². The van der Waals surface area contributed by atoms with Gasteiger partial charge in [0.2, 0.25) is 0 Å². The molecule has 0 saturated carbocycles. The first-order valence-corrected chi connectivity index (χ1v) is 11.6. The van der Waals surface area contributed by atoms with Gasteiger partial charge in [-0.15, -0.1) is 0 Å². The van der Waals surface area contributed by atoms with Crippen LogP contribution in [-0.4, -0.2) is 11.7 Å². The van der Waals surface area contributed by atoms with Crippen molar-refractivity contribution in [2.75, 3.05) is 11.4 Å². The third-order valence-corrected chi connectivity index (χ3v) is 6.39. The summed E-state index contributed by atoms with van der Waals surface area (Å²) in [6.45, 7) is 17.0. The fraction of sp³-hybridized carbons (Fsp3) is 0.172. The van der Waals surface area contributed by atoms with E-state index in [0.29, 0.717) is 0 Å². The Morgan fingerprint density at radius 2 is 1.75 bits per heavy atom. The van der Waals surface area contributed by atoms with Crippen LogP contribution in [0.15, 0.2) is 125 Å². The highest BCUT2D eigenvalue weighted by Gasteiger charge is 2.26. The van der Waals surface area contributed by atoms with E-state index in [1.54, 1.807) is 12.2 Å². The van der Waals surface area contributed by atoms with Crippen molar-refractivity contribution in [2.45, 2.75) is 32.6 Å². The molecule has 0 fully saturated rings. The van der Waals surface area contributed by atoms with Crippen LogP contribution in [0.2, 0.25) is 0 Å². The number of thioether (sulfide) groups is 1. The molecule has 2 aromatic carbocycles. The number of hydrogen-bond donors (Lipinski definition) is 1. The van der Waals surface area contributed by atoms with Crippen LogP contribution in [0.25, 0.3) is 10.8 Å². The molecule has 3 heteroatoms. The van der Waals surface area contributed by atoms with E-state index in [1.807, 2.05) is 56.0 Å². The highest BCUT2D eigenvalue weighted by atomic mass is 32.2. The summed E-state index contributed by atoms with van der Waals surface area (Å²) in [6, 6.07) is 13.0. The Morgan fingerprint density at radius 1 is 1.06 bits per heavy atom. The number of anilines is 1. The molecule has 166 valence electrons. The number of benzene rings is 2. The number of rotatable bonds is 6. The minimum Gasteiger partial charge on any atom is -0.516 e. The molecular weight excluding hydrogens is 410 g/mol. The third-order valence-electron chi connectivity index (χ3n) is 5.12. The normalized spacial score (nSPS) is 15.4. The van der Waals surface area contributed by atoms with Gasteiger partial charge in [-0.3, -0.25) is 0 Å². The van der Waals surface area contributed by atoms with Gasteiger partial charge in [0, 0.05) is 11.4 Å². The van der Waals surface area contributed by atoms with Crippen molar-refractivity contribution in [3.63, 3.8) is 0 Å². The number of aliphatic hydroxyl groups is 1. The summed E-state index contributed by atoms with van der Waals surface area (Å²) in [4.78, 5) is 3.65. The molecule has 1 aliphatic rings. The van der Waals surface area contributed by atoms with E-state index in [2.05, 4.69) is 68.3 Å². The number of allylic oxidation sites excluding steroid dienone is 10. The van der Waals surface area contributed by atoms with E-state index in [1.165, 1.54) is 32.0 Å². The van der Waals surface area contributed by atoms with Crippen molar-refractivity contribution < 1.29 is 5.11 Å². The van der Waals surface area contributed by atoms with Crippen molar-refractivity contribution in [3.05, 3.63) is 120 Å². The second kappa shape index (κ2) is 12.6. The summed E-state index contributed by atoms with van der Waals surface area (Å²) in [5, 5.41) is 12.6. The van der Waals surface area contributed by atoms with Gasteiger partial charge in [0.1, 0.15) is 0 Å². The summed E-state index contributed by atoms with van der Waals surface area (Å²) in [5.41, 5.74) is 4.49. The summed E-state index contributed by atoms with van der Waals surface area (Å²) < 4.78 is 0. The van der Waals surface area contributed by atoms with Crippen molar-refractivity contribution >= 4 is 28.2 Å². The second-order valence-electron chi connectivity index (χ2n) is 7.26. The molecule has 1 N–H and O–H groups in total. The quantitative estimate of drug-likeness (QED) is 0.356. The van der Waals surface area contributed by atoms with E-state index < -0.39 is 0 Å². The lowest BCUT2D eigenvalue weighted by molar-refractivity contribution is 0.473. The van der Waals surface area contributed by atoms with Crippen LogP contribution in [0.5, 0.6) is 0 Å². The molecule has 0 saturated heterocycles. The number of aliphatic hydroxyl groups excluding tert-OH is 1. The third kappa shape index (κ3) is 6.18. The molecule has 0 bridgehead atoms. The highest BCUT2D eigenvalue weighted by molar-refractivity contribution is 8.03. The van der Waals surface area contributed by atoms with Gasteiger partial charge in [-0.25, -0.2) is 0 Å². The van der Waals surface area contributed by atoms with Crippen molar-refractivity contribution in [2.24, 2.45) is 0 Å². The molecule has 1 aliphatic heterocycles. The molecule has 0 spiro atoms. The average Bonchev–Trinajstić information content (AvgIpc) is 3.18. The lowest BCUT2D eigenvalue weighted by atomic mass is 10.0. The maximum absolute atomic E-state index is 8.86. The predicted molar refractivity (Wildman–Crippen MR) is 144 cm³/mol. The molecule has 0 amide bonds. The van der Waals surface area contributed by atoms with E-state index in [0.717, 1.165) is 24.0 Å². The Kier molecular flexibility index (Phi) is 9.90. The smallest absolute Gasteiger partial charge is 0.0837 e. The van der Waals surface area contributed by atoms with Crippen LogP contribution in [0.3, 0.4) is 0 Å². The molecule has 1 heterocycles. The summed E-state index contributed by atoms with van der Waals surface area (Å²) in [6.07, 6.45) is 14.1. The fourth-order valence-electron chi connectivity index (χ4n) is 3.33. The highest BCUT2D eigenvalue weighted by Crippen LogP contribution is 2.49. The van der Waals surface area contributed by atoms with Gasteiger partial charge in [-0.05, 0) is 73.4 Å². The van der Waals surface area contributed by atoms with E-state index in [4.69, 9.17) is 5.11 Å². The van der Waals surface area contributed by atoms with E-state index >= 15 is 0 Å². The maximum atomic E-state index is 8.86. The number of hydrogen-bond acceptors (Lipinski definition) is 3. The standard InChI is InChI=1S/C22H23NOS.C7H10/c1-5-23-20-13-18-10-6-7-11-19(18)14-21(20)25-22(23)17(4)16(3)15(2)9-8-12-24;1-3-5-7-6-4-2/h6-14,24H,3,5H2,1-2,4H3;3-7H,1H2,2H3/b12-8-,15-9+,22-17-;6-4-,7-5+. The maximum Gasteiger partial charge on any atom is 0.0837 e.